The molecule has 4 heteroatoms. The molecule has 0 saturated heterocycles. The third-order valence-electron chi connectivity index (χ3n) is 3.87. The summed E-state index contributed by atoms with van der Waals surface area (Å²) in [4.78, 5) is 0. The van der Waals surface area contributed by atoms with Crippen molar-refractivity contribution in [1.29, 1.82) is 0 Å². The Hall–Kier alpha value is -0.320. The predicted molar refractivity (Wildman–Crippen MR) is 95.6 cm³/mol. The number of rotatable bonds is 1. The largest absolute Gasteiger partial charge is 0.507 e. The first-order valence-corrected chi connectivity index (χ1v) is 8.57. The minimum atomic E-state index is 0.277. The molecule has 0 radical (unpaired) electrons. The van der Waals surface area contributed by atoms with Crippen molar-refractivity contribution in [3.05, 3.63) is 47.8 Å². The lowest BCUT2D eigenvalue weighted by atomic mass is 9.92. The van der Waals surface area contributed by atoms with E-state index < -0.39 is 0 Å². The molecule has 106 valence electrons. The summed E-state index contributed by atoms with van der Waals surface area (Å²) >= 11 is 10.6. The molecule has 2 rings (SSSR count). The van der Waals surface area contributed by atoms with Crippen LogP contribution in [-0.2, 0) is 0 Å². The second kappa shape index (κ2) is 5.82. The van der Waals surface area contributed by atoms with Crippen LogP contribution in [0.15, 0.2) is 25.6 Å². The van der Waals surface area contributed by atoms with Crippen molar-refractivity contribution in [2.75, 3.05) is 0 Å². The second-order valence-electron chi connectivity index (χ2n) is 4.98. The van der Waals surface area contributed by atoms with E-state index in [1.54, 1.807) is 0 Å². The molecule has 0 unspecified atom stereocenters. The van der Waals surface area contributed by atoms with Crippen molar-refractivity contribution in [1.82, 2.24) is 0 Å². The minimum Gasteiger partial charge on any atom is -0.507 e. The highest BCUT2D eigenvalue weighted by atomic mass is 79.9. The lowest BCUT2D eigenvalue weighted by molar-refractivity contribution is 0.471. The molecule has 0 bridgehead atoms. The van der Waals surface area contributed by atoms with Gasteiger partial charge >= 0.3 is 0 Å². The van der Waals surface area contributed by atoms with E-state index in [4.69, 9.17) is 0 Å². The van der Waals surface area contributed by atoms with Crippen LogP contribution in [0.4, 0.5) is 0 Å². The van der Waals surface area contributed by atoms with Gasteiger partial charge in [-0.1, -0.05) is 0 Å². The molecule has 0 fully saturated rings. The van der Waals surface area contributed by atoms with Crippen molar-refractivity contribution in [2.45, 2.75) is 27.7 Å². The minimum absolute atomic E-state index is 0.277. The van der Waals surface area contributed by atoms with Crippen LogP contribution in [0.5, 0.6) is 5.75 Å². The molecule has 1 N–H and O–H groups in total. The standard InChI is InChI=1S/C16H15Br3O/c1-7-9(3)15(18)13(17)5-11(7)12-6-14(20)16(19)10(4)8(12)2/h5-6,20H,1-4H3. The van der Waals surface area contributed by atoms with E-state index in [-0.39, 0.29) is 5.75 Å². The van der Waals surface area contributed by atoms with Crippen molar-refractivity contribution < 1.29 is 5.11 Å². The first-order valence-electron chi connectivity index (χ1n) is 6.20. The lowest BCUT2D eigenvalue weighted by Gasteiger charge is -2.17. The van der Waals surface area contributed by atoms with Gasteiger partial charge in [0.25, 0.3) is 0 Å². The molecule has 0 amide bonds. The van der Waals surface area contributed by atoms with Gasteiger partial charge in [-0.2, -0.15) is 0 Å². The fourth-order valence-electron chi connectivity index (χ4n) is 2.27. The van der Waals surface area contributed by atoms with Gasteiger partial charge in [0.15, 0.2) is 0 Å². The molecule has 0 aliphatic heterocycles. The Bertz CT molecular complexity index is 644. The lowest BCUT2D eigenvalue weighted by Crippen LogP contribution is -1.95. The van der Waals surface area contributed by atoms with Gasteiger partial charge in [-0.25, -0.2) is 0 Å². The maximum absolute atomic E-state index is 10.1. The summed E-state index contributed by atoms with van der Waals surface area (Å²) < 4.78 is 2.87. The summed E-state index contributed by atoms with van der Waals surface area (Å²) in [7, 11) is 0. The summed E-state index contributed by atoms with van der Waals surface area (Å²) in [5.41, 5.74) is 6.86. The molecule has 0 heterocycles. The number of phenols is 1. The number of aromatic hydroxyl groups is 1. The molecule has 0 saturated carbocycles. The van der Waals surface area contributed by atoms with E-state index in [0.29, 0.717) is 0 Å². The van der Waals surface area contributed by atoms with E-state index >= 15 is 0 Å². The summed E-state index contributed by atoms with van der Waals surface area (Å²) in [6.07, 6.45) is 0. The average molecular weight is 463 g/mol. The average Bonchev–Trinajstić information content (AvgIpc) is 2.42. The van der Waals surface area contributed by atoms with E-state index in [2.05, 4.69) is 74.6 Å². The Morgan fingerprint density at radius 2 is 1.15 bits per heavy atom. The number of hydrogen-bond donors (Lipinski definition) is 1. The number of hydrogen-bond acceptors (Lipinski definition) is 1. The van der Waals surface area contributed by atoms with Crippen LogP contribution in [0, 0.1) is 27.7 Å². The second-order valence-corrected chi connectivity index (χ2v) is 7.42. The Morgan fingerprint density at radius 3 is 1.70 bits per heavy atom. The zero-order chi connectivity index (χ0) is 15.2. The zero-order valence-corrected chi connectivity index (χ0v) is 16.5. The summed E-state index contributed by atoms with van der Waals surface area (Å²) in [5, 5.41) is 10.1. The van der Waals surface area contributed by atoms with E-state index in [9.17, 15) is 5.11 Å². The smallest absolute Gasteiger partial charge is 0.130 e. The van der Waals surface area contributed by atoms with Crippen LogP contribution in [0.2, 0.25) is 0 Å². The van der Waals surface area contributed by atoms with Crippen LogP contribution in [0.25, 0.3) is 11.1 Å². The first kappa shape index (κ1) is 16.1. The molecule has 0 atom stereocenters. The van der Waals surface area contributed by atoms with Crippen LogP contribution >= 0.6 is 47.8 Å². The predicted octanol–water partition coefficient (Wildman–Crippen LogP) is 6.58. The Balaban J connectivity index is 2.83. The van der Waals surface area contributed by atoms with Gasteiger partial charge in [-0.05, 0) is 121 Å². The van der Waals surface area contributed by atoms with Gasteiger partial charge < -0.3 is 5.11 Å². The van der Waals surface area contributed by atoms with Crippen molar-refractivity contribution in [3.63, 3.8) is 0 Å². The van der Waals surface area contributed by atoms with E-state index in [0.717, 1.165) is 30.1 Å². The van der Waals surface area contributed by atoms with Crippen molar-refractivity contribution >= 4 is 47.8 Å². The number of benzene rings is 2. The molecule has 2 aromatic carbocycles. The van der Waals surface area contributed by atoms with Gasteiger partial charge in [-0.3, -0.25) is 0 Å². The maximum Gasteiger partial charge on any atom is 0.130 e. The molecule has 20 heavy (non-hydrogen) atoms. The summed E-state index contributed by atoms with van der Waals surface area (Å²) in [6, 6.07) is 3.93. The summed E-state index contributed by atoms with van der Waals surface area (Å²) in [6.45, 7) is 8.29. The number of halogens is 3. The van der Waals surface area contributed by atoms with Gasteiger partial charge in [0, 0.05) is 8.95 Å². The topological polar surface area (TPSA) is 20.2 Å². The molecule has 0 spiro atoms. The van der Waals surface area contributed by atoms with Crippen LogP contribution in [0.3, 0.4) is 0 Å². The Morgan fingerprint density at radius 1 is 0.700 bits per heavy atom. The van der Waals surface area contributed by atoms with Crippen molar-refractivity contribution in [2.24, 2.45) is 0 Å². The highest BCUT2D eigenvalue weighted by Crippen LogP contribution is 2.41. The fourth-order valence-corrected chi connectivity index (χ4v) is 3.62. The molecular formula is C16H15Br3O. The highest BCUT2D eigenvalue weighted by molar-refractivity contribution is 9.13. The normalized spacial score (nSPS) is 10.9. The van der Waals surface area contributed by atoms with Gasteiger partial charge in [-0.15, -0.1) is 0 Å². The SMILES string of the molecule is Cc1c(-c2cc(Br)c(Br)c(C)c2C)cc(O)c(Br)c1C. The third-order valence-corrected chi connectivity index (χ3v) is 7.05. The molecule has 0 aliphatic rings. The van der Waals surface area contributed by atoms with Gasteiger partial charge in [0.05, 0.1) is 4.47 Å². The first-order chi connectivity index (χ1) is 9.25. The Labute approximate surface area is 144 Å². The van der Waals surface area contributed by atoms with E-state index in [1.807, 2.05) is 13.0 Å². The van der Waals surface area contributed by atoms with Crippen LogP contribution in [0.1, 0.15) is 22.3 Å². The molecule has 0 aliphatic carbocycles. The quantitative estimate of drug-likeness (QED) is 0.507. The van der Waals surface area contributed by atoms with Crippen molar-refractivity contribution in [3.8, 4) is 16.9 Å². The van der Waals surface area contributed by atoms with E-state index in [1.165, 1.54) is 16.7 Å². The van der Waals surface area contributed by atoms with Gasteiger partial charge in [0.2, 0.25) is 0 Å². The number of phenolic OH excluding ortho intramolecular Hbond substituents is 1. The molecule has 0 aromatic heterocycles. The van der Waals surface area contributed by atoms with Crippen LogP contribution < -0.4 is 0 Å². The highest BCUT2D eigenvalue weighted by Gasteiger charge is 2.16. The zero-order valence-electron chi connectivity index (χ0n) is 11.7. The Kier molecular flexibility index (Phi) is 4.67. The summed E-state index contributed by atoms with van der Waals surface area (Å²) in [5.74, 6) is 0.277. The molecule has 2 aromatic rings. The maximum atomic E-state index is 10.1. The monoisotopic (exact) mass is 460 g/mol. The van der Waals surface area contributed by atoms with Gasteiger partial charge in [0.1, 0.15) is 5.75 Å². The fraction of sp³-hybridized carbons (Fsp3) is 0.250. The molecular weight excluding hydrogens is 448 g/mol. The molecule has 1 nitrogen and oxygen atoms in total. The van der Waals surface area contributed by atoms with Crippen LogP contribution in [-0.4, -0.2) is 5.11 Å². The third kappa shape index (κ3) is 2.58.